The Bertz CT molecular complexity index is 851. The van der Waals surface area contributed by atoms with Gasteiger partial charge in [0.2, 0.25) is 0 Å². The lowest BCUT2D eigenvalue weighted by atomic mass is 9.97. The molecule has 0 spiro atoms. The number of fused-ring (bicyclic) bond motifs is 1. The highest BCUT2D eigenvalue weighted by atomic mass is 79.9. The average molecular weight is 375 g/mol. The Morgan fingerprint density at radius 3 is 2.70 bits per heavy atom. The minimum absolute atomic E-state index is 0.141. The van der Waals surface area contributed by atoms with Gasteiger partial charge in [-0.3, -0.25) is 4.98 Å². The molecule has 0 amide bonds. The zero-order chi connectivity index (χ0) is 16.6. The summed E-state index contributed by atoms with van der Waals surface area (Å²) >= 11 is 3.67. The van der Waals surface area contributed by atoms with Crippen molar-refractivity contribution >= 4 is 27.0 Å². The molecule has 3 rings (SSSR count). The molecule has 0 aliphatic heterocycles. The van der Waals surface area contributed by atoms with Crippen LogP contribution in [0.25, 0.3) is 22.2 Å². The van der Waals surface area contributed by atoms with Crippen LogP contribution in [-0.2, 0) is 6.54 Å². The lowest BCUT2D eigenvalue weighted by Gasteiger charge is -2.18. The summed E-state index contributed by atoms with van der Waals surface area (Å²) in [5.41, 5.74) is 4.01. The van der Waals surface area contributed by atoms with Crippen LogP contribution in [0.3, 0.4) is 0 Å². The third-order valence-electron chi connectivity index (χ3n) is 3.51. The topological polar surface area (TPSA) is 52.8 Å². The molecule has 0 radical (unpaired) electrons. The molecule has 6 heteroatoms. The van der Waals surface area contributed by atoms with Gasteiger partial charge in [-0.25, -0.2) is 4.68 Å². The van der Waals surface area contributed by atoms with E-state index in [2.05, 4.69) is 64.1 Å². The second kappa shape index (κ2) is 5.92. The van der Waals surface area contributed by atoms with Crippen LogP contribution < -0.4 is 4.74 Å². The van der Waals surface area contributed by atoms with E-state index < -0.39 is 0 Å². The van der Waals surface area contributed by atoms with Crippen molar-refractivity contribution in [3.8, 4) is 16.9 Å². The van der Waals surface area contributed by atoms with Gasteiger partial charge in [0.25, 0.3) is 0 Å². The van der Waals surface area contributed by atoms with Gasteiger partial charge in [0.05, 0.1) is 23.3 Å². The van der Waals surface area contributed by atoms with Crippen LogP contribution in [0.2, 0.25) is 0 Å². The van der Waals surface area contributed by atoms with E-state index >= 15 is 0 Å². The van der Waals surface area contributed by atoms with Crippen LogP contribution in [0.1, 0.15) is 20.8 Å². The first-order chi connectivity index (χ1) is 10.9. The van der Waals surface area contributed by atoms with Crippen LogP contribution in [0.5, 0.6) is 5.75 Å². The summed E-state index contributed by atoms with van der Waals surface area (Å²) in [5, 5.41) is 8.65. The van der Waals surface area contributed by atoms with Gasteiger partial charge in [0.15, 0.2) is 0 Å². The van der Waals surface area contributed by atoms with Gasteiger partial charge in [-0.15, -0.1) is 5.10 Å². The zero-order valence-corrected chi connectivity index (χ0v) is 15.3. The van der Waals surface area contributed by atoms with E-state index in [0.717, 1.165) is 38.9 Å². The molecule has 0 bridgehead atoms. The van der Waals surface area contributed by atoms with E-state index in [0.29, 0.717) is 0 Å². The lowest BCUT2D eigenvalue weighted by molar-refractivity contribution is 0.327. The molecule has 0 saturated carbocycles. The molecule has 3 aromatic rings. The van der Waals surface area contributed by atoms with Gasteiger partial charge in [-0.2, -0.15) is 0 Å². The highest BCUT2D eigenvalue weighted by Gasteiger charge is 2.17. The van der Waals surface area contributed by atoms with Gasteiger partial charge in [-0.05, 0) is 39.0 Å². The molecule has 0 aliphatic rings. The van der Waals surface area contributed by atoms with E-state index in [9.17, 15) is 0 Å². The first-order valence-corrected chi connectivity index (χ1v) is 8.19. The van der Waals surface area contributed by atoms with E-state index in [-0.39, 0.29) is 5.41 Å². The maximum absolute atomic E-state index is 5.25. The number of aromatic nitrogens is 4. The van der Waals surface area contributed by atoms with Crippen LogP contribution in [-0.4, -0.2) is 27.1 Å². The summed E-state index contributed by atoms with van der Waals surface area (Å²) in [4.78, 5) is 4.22. The van der Waals surface area contributed by atoms with Crippen molar-refractivity contribution in [3.05, 3.63) is 35.1 Å². The third-order valence-corrected chi connectivity index (χ3v) is 4.31. The van der Waals surface area contributed by atoms with E-state index in [4.69, 9.17) is 4.74 Å². The average Bonchev–Trinajstić information content (AvgIpc) is 2.90. The molecule has 0 aliphatic carbocycles. The standard InChI is InChI=1S/C17H19BrN4O/c1-17(2,3)10-22-14-6-5-13(15(18)16(14)20-21-22)11-7-12(23-4)9-19-8-11/h5-9H,10H2,1-4H3. The van der Waals surface area contributed by atoms with E-state index in [1.165, 1.54) is 0 Å². The molecule has 0 unspecified atom stereocenters. The summed E-state index contributed by atoms with van der Waals surface area (Å²) in [6.45, 7) is 7.37. The third kappa shape index (κ3) is 3.22. The van der Waals surface area contributed by atoms with Gasteiger partial charge in [0.1, 0.15) is 11.3 Å². The molecule has 0 atom stereocenters. The second-order valence-corrected chi connectivity index (χ2v) is 7.51. The van der Waals surface area contributed by atoms with Gasteiger partial charge in [0, 0.05) is 18.3 Å². The van der Waals surface area contributed by atoms with Crippen molar-refractivity contribution in [1.82, 2.24) is 20.0 Å². The van der Waals surface area contributed by atoms with Crippen molar-refractivity contribution in [2.75, 3.05) is 7.11 Å². The number of nitrogens with zero attached hydrogens (tertiary/aromatic N) is 4. The molecule has 2 aromatic heterocycles. The number of hydrogen-bond donors (Lipinski definition) is 0. The zero-order valence-electron chi connectivity index (χ0n) is 13.7. The summed E-state index contributed by atoms with van der Waals surface area (Å²) in [5.74, 6) is 0.728. The fourth-order valence-electron chi connectivity index (χ4n) is 2.47. The van der Waals surface area contributed by atoms with Gasteiger partial charge in [-0.1, -0.05) is 32.1 Å². The fourth-order valence-corrected chi connectivity index (χ4v) is 3.11. The fraction of sp³-hybridized carbons (Fsp3) is 0.353. The van der Waals surface area contributed by atoms with Crippen LogP contribution in [0.4, 0.5) is 0 Å². The Hall–Kier alpha value is -1.95. The number of ether oxygens (including phenoxy) is 1. The van der Waals surface area contributed by atoms with Crippen LogP contribution in [0, 0.1) is 5.41 Å². The molecule has 23 heavy (non-hydrogen) atoms. The van der Waals surface area contributed by atoms with Crippen molar-refractivity contribution < 1.29 is 4.74 Å². The highest BCUT2D eigenvalue weighted by Crippen LogP contribution is 2.34. The first kappa shape index (κ1) is 15.9. The van der Waals surface area contributed by atoms with Crippen molar-refractivity contribution in [1.29, 1.82) is 0 Å². The van der Waals surface area contributed by atoms with Crippen LogP contribution in [0.15, 0.2) is 35.1 Å². The monoisotopic (exact) mass is 374 g/mol. The minimum Gasteiger partial charge on any atom is -0.495 e. The second-order valence-electron chi connectivity index (χ2n) is 6.72. The summed E-state index contributed by atoms with van der Waals surface area (Å²) in [6.07, 6.45) is 3.50. The molecule has 1 aromatic carbocycles. The number of rotatable bonds is 3. The summed E-state index contributed by atoms with van der Waals surface area (Å²) in [6, 6.07) is 6.07. The predicted octanol–water partition coefficient (Wildman–Crippen LogP) is 4.31. The SMILES string of the molecule is COc1cncc(-c2ccc3c(nnn3CC(C)(C)C)c2Br)c1. The molecular formula is C17H19BrN4O. The number of pyridine rings is 1. The van der Waals surface area contributed by atoms with E-state index in [1.54, 1.807) is 13.3 Å². The Balaban J connectivity index is 2.09. The molecule has 5 nitrogen and oxygen atoms in total. The number of halogens is 1. The maximum Gasteiger partial charge on any atom is 0.137 e. The minimum atomic E-state index is 0.141. The van der Waals surface area contributed by atoms with Crippen molar-refractivity contribution in [3.63, 3.8) is 0 Å². The molecular weight excluding hydrogens is 356 g/mol. The smallest absolute Gasteiger partial charge is 0.137 e. The van der Waals surface area contributed by atoms with Crippen molar-refractivity contribution in [2.24, 2.45) is 5.41 Å². The summed E-state index contributed by atoms with van der Waals surface area (Å²) < 4.78 is 8.13. The predicted molar refractivity (Wildman–Crippen MR) is 94.5 cm³/mol. The number of benzene rings is 1. The Morgan fingerprint density at radius 2 is 2.00 bits per heavy atom. The Kier molecular flexibility index (Phi) is 4.10. The number of methoxy groups -OCH3 is 1. The van der Waals surface area contributed by atoms with Crippen molar-refractivity contribution in [2.45, 2.75) is 27.3 Å². The first-order valence-electron chi connectivity index (χ1n) is 7.40. The molecule has 2 heterocycles. The molecule has 0 fully saturated rings. The quantitative estimate of drug-likeness (QED) is 0.685. The Labute approximate surface area is 143 Å². The van der Waals surface area contributed by atoms with Crippen LogP contribution >= 0.6 is 15.9 Å². The molecule has 0 N–H and O–H groups in total. The molecule has 120 valence electrons. The van der Waals surface area contributed by atoms with Gasteiger partial charge < -0.3 is 4.74 Å². The Morgan fingerprint density at radius 1 is 1.22 bits per heavy atom. The summed E-state index contributed by atoms with van der Waals surface area (Å²) in [7, 11) is 1.64. The lowest BCUT2D eigenvalue weighted by Crippen LogP contribution is -2.16. The number of hydrogen-bond acceptors (Lipinski definition) is 4. The highest BCUT2D eigenvalue weighted by molar-refractivity contribution is 9.10. The normalized spacial score (nSPS) is 11.9. The maximum atomic E-state index is 5.25. The molecule has 0 saturated heterocycles. The largest absolute Gasteiger partial charge is 0.495 e. The van der Waals surface area contributed by atoms with E-state index in [1.807, 2.05) is 16.9 Å². The van der Waals surface area contributed by atoms with Gasteiger partial charge >= 0.3 is 0 Å².